The average molecular weight is 278 g/mol. The fraction of sp³-hybridized carbons (Fsp3) is 0.263. The van der Waals surface area contributed by atoms with Gasteiger partial charge in [-0.2, -0.15) is 0 Å². The molecule has 0 aromatic heterocycles. The van der Waals surface area contributed by atoms with Gasteiger partial charge in [0, 0.05) is 23.8 Å². The molecule has 1 aliphatic carbocycles. The Labute approximate surface area is 124 Å². The maximum atomic E-state index is 12.8. The van der Waals surface area contributed by atoms with E-state index in [4.69, 9.17) is 0 Å². The molecule has 0 bridgehead atoms. The number of ketones is 1. The van der Waals surface area contributed by atoms with Gasteiger partial charge < -0.3 is 4.79 Å². The molecule has 0 saturated heterocycles. The minimum Gasteiger partial charge on any atom is -0.303 e. The molecule has 3 rings (SSSR count). The molecule has 21 heavy (non-hydrogen) atoms. The Morgan fingerprint density at radius 3 is 2.52 bits per heavy atom. The third-order valence-electron chi connectivity index (χ3n) is 4.41. The summed E-state index contributed by atoms with van der Waals surface area (Å²) in [4.78, 5) is 23.9. The van der Waals surface area contributed by atoms with Crippen LogP contribution in [-0.4, -0.2) is 12.1 Å². The molecule has 0 heterocycles. The van der Waals surface area contributed by atoms with E-state index in [-0.39, 0.29) is 17.6 Å². The zero-order chi connectivity index (χ0) is 14.7. The predicted octanol–water partition coefficient (Wildman–Crippen LogP) is 3.80. The summed E-state index contributed by atoms with van der Waals surface area (Å²) in [6, 6.07) is 17.8. The molecule has 0 amide bonds. The molecule has 2 aromatic rings. The van der Waals surface area contributed by atoms with Crippen LogP contribution in [0.25, 0.3) is 0 Å². The second kappa shape index (κ2) is 6.04. The SMILES string of the molecule is O=CC[C@@H](c1ccccc1)C1CCc2ccccc2C1=O. The molecule has 1 aliphatic rings. The number of aldehydes is 1. The fourth-order valence-electron chi connectivity index (χ4n) is 3.34. The van der Waals surface area contributed by atoms with Crippen LogP contribution in [0.1, 0.15) is 40.2 Å². The standard InChI is InChI=1S/C19H18O2/c20-13-12-16(14-6-2-1-3-7-14)18-11-10-15-8-4-5-9-17(15)19(18)21/h1-9,13,16,18H,10-12H2/t16-,18?/m0/s1. The van der Waals surface area contributed by atoms with E-state index in [2.05, 4.69) is 0 Å². The quantitative estimate of drug-likeness (QED) is 0.797. The van der Waals surface area contributed by atoms with Gasteiger partial charge in [0.05, 0.1) is 0 Å². The van der Waals surface area contributed by atoms with Crippen LogP contribution < -0.4 is 0 Å². The van der Waals surface area contributed by atoms with Crippen molar-refractivity contribution in [3.63, 3.8) is 0 Å². The summed E-state index contributed by atoms with van der Waals surface area (Å²) in [5.41, 5.74) is 3.06. The summed E-state index contributed by atoms with van der Waals surface area (Å²) < 4.78 is 0. The molecule has 106 valence electrons. The number of fused-ring (bicyclic) bond motifs is 1. The Bertz CT molecular complexity index is 646. The van der Waals surface area contributed by atoms with E-state index in [0.29, 0.717) is 6.42 Å². The van der Waals surface area contributed by atoms with Crippen molar-refractivity contribution in [2.75, 3.05) is 0 Å². The van der Waals surface area contributed by atoms with Gasteiger partial charge in [-0.05, 0) is 24.0 Å². The van der Waals surface area contributed by atoms with Crippen LogP contribution in [0.4, 0.5) is 0 Å². The van der Waals surface area contributed by atoms with Crippen LogP contribution in [0.3, 0.4) is 0 Å². The van der Waals surface area contributed by atoms with E-state index in [1.807, 2.05) is 54.6 Å². The summed E-state index contributed by atoms with van der Waals surface area (Å²) in [5, 5.41) is 0. The monoisotopic (exact) mass is 278 g/mol. The first-order chi connectivity index (χ1) is 10.3. The molecule has 2 heteroatoms. The number of carbonyl (C=O) groups excluding carboxylic acids is 2. The summed E-state index contributed by atoms with van der Waals surface area (Å²) >= 11 is 0. The van der Waals surface area contributed by atoms with Gasteiger partial charge in [-0.25, -0.2) is 0 Å². The largest absolute Gasteiger partial charge is 0.303 e. The zero-order valence-electron chi connectivity index (χ0n) is 11.9. The van der Waals surface area contributed by atoms with Crippen molar-refractivity contribution >= 4 is 12.1 Å². The molecule has 0 spiro atoms. The molecule has 1 unspecified atom stereocenters. The van der Waals surface area contributed by atoms with Crippen LogP contribution in [0.5, 0.6) is 0 Å². The first kappa shape index (κ1) is 13.7. The third kappa shape index (κ3) is 2.66. The Morgan fingerprint density at radius 1 is 1.05 bits per heavy atom. The van der Waals surface area contributed by atoms with Crippen LogP contribution >= 0.6 is 0 Å². The van der Waals surface area contributed by atoms with Crippen molar-refractivity contribution in [2.45, 2.75) is 25.2 Å². The topological polar surface area (TPSA) is 34.1 Å². The van der Waals surface area contributed by atoms with Crippen LogP contribution in [0, 0.1) is 5.92 Å². The molecular formula is C19H18O2. The molecule has 2 atom stereocenters. The number of carbonyl (C=O) groups is 2. The van der Waals surface area contributed by atoms with E-state index in [9.17, 15) is 9.59 Å². The lowest BCUT2D eigenvalue weighted by atomic mass is 9.72. The highest BCUT2D eigenvalue weighted by molar-refractivity contribution is 6.00. The van der Waals surface area contributed by atoms with Crippen molar-refractivity contribution in [1.29, 1.82) is 0 Å². The normalized spacial score (nSPS) is 18.9. The van der Waals surface area contributed by atoms with Gasteiger partial charge in [0.2, 0.25) is 0 Å². The highest BCUT2D eigenvalue weighted by Gasteiger charge is 2.33. The summed E-state index contributed by atoms with van der Waals surface area (Å²) in [5.74, 6) is 0.0876. The van der Waals surface area contributed by atoms with Gasteiger partial charge in [0.15, 0.2) is 5.78 Å². The minimum absolute atomic E-state index is 0.00967. The number of rotatable bonds is 4. The van der Waals surface area contributed by atoms with E-state index in [0.717, 1.165) is 35.8 Å². The number of benzene rings is 2. The number of hydrogen-bond acceptors (Lipinski definition) is 2. The first-order valence-electron chi connectivity index (χ1n) is 7.42. The van der Waals surface area contributed by atoms with E-state index in [1.165, 1.54) is 0 Å². The Hall–Kier alpha value is -2.22. The smallest absolute Gasteiger partial charge is 0.166 e. The zero-order valence-corrected chi connectivity index (χ0v) is 11.9. The summed E-state index contributed by atoms with van der Waals surface area (Å²) in [6.45, 7) is 0. The van der Waals surface area contributed by atoms with Crippen molar-refractivity contribution < 1.29 is 9.59 Å². The third-order valence-corrected chi connectivity index (χ3v) is 4.41. The van der Waals surface area contributed by atoms with Gasteiger partial charge in [-0.3, -0.25) is 4.79 Å². The second-order valence-electron chi connectivity index (χ2n) is 5.59. The van der Waals surface area contributed by atoms with Crippen LogP contribution in [0.2, 0.25) is 0 Å². The first-order valence-corrected chi connectivity index (χ1v) is 7.42. The van der Waals surface area contributed by atoms with E-state index in [1.54, 1.807) is 0 Å². The summed E-state index contributed by atoms with van der Waals surface area (Å²) in [7, 11) is 0. The lowest BCUT2D eigenvalue weighted by molar-refractivity contribution is -0.108. The Balaban J connectivity index is 1.95. The van der Waals surface area contributed by atoms with Gasteiger partial charge in [-0.15, -0.1) is 0 Å². The summed E-state index contributed by atoms with van der Waals surface area (Å²) in [6.07, 6.45) is 3.08. The predicted molar refractivity (Wildman–Crippen MR) is 82.4 cm³/mol. The maximum absolute atomic E-state index is 12.8. The molecule has 0 saturated carbocycles. The fourth-order valence-corrected chi connectivity index (χ4v) is 3.34. The number of aryl methyl sites for hydroxylation is 1. The number of hydrogen-bond donors (Lipinski definition) is 0. The van der Waals surface area contributed by atoms with Crippen molar-refractivity contribution in [1.82, 2.24) is 0 Å². The van der Waals surface area contributed by atoms with Crippen LogP contribution in [0.15, 0.2) is 54.6 Å². The lowest BCUT2D eigenvalue weighted by Gasteiger charge is -2.29. The van der Waals surface area contributed by atoms with E-state index < -0.39 is 0 Å². The number of Topliss-reactive ketones (excluding diaryl/α,β-unsaturated/α-hetero) is 1. The van der Waals surface area contributed by atoms with Gasteiger partial charge in [0.25, 0.3) is 0 Å². The lowest BCUT2D eigenvalue weighted by Crippen LogP contribution is -2.28. The van der Waals surface area contributed by atoms with Crippen molar-refractivity contribution in [2.24, 2.45) is 5.92 Å². The average Bonchev–Trinajstić information content (AvgIpc) is 2.55. The minimum atomic E-state index is -0.0903. The Kier molecular flexibility index (Phi) is 3.96. The molecule has 0 radical (unpaired) electrons. The van der Waals surface area contributed by atoms with Crippen molar-refractivity contribution in [3.8, 4) is 0 Å². The molecule has 2 aromatic carbocycles. The highest BCUT2D eigenvalue weighted by Crippen LogP contribution is 2.37. The maximum Gasteiger partial charge on any atom is 0.166 e. The highest BCUT2D eigenvalue weighted by atomic mass is 16.1. The second-order valence-corrected chi connectivity index (χ2v) is 5.59. The van der Waals surface area contributed by atoms with Gasteiger partial charge >= 0.3 is 0 Å². The van der Waals surface area contributed by atoms with Gasteiger partial charge in [0.1, 0.15) is 6.29 Å². The molecular weight excluding hydrogens is 260 g/mol. The molecule has 2 nitrogen and oxygen atoms in total. The van der Waals surface area contributed by atoms with Crippen molar-refractivity contribution in [3.05, 3.63) is 71.3 Å². The molecule has 0 aliphatic heterocycles. The van der Waals surface area contributed by atoms with Gasteiger partial charge in [-0.1, -0.05) is 54.6 Å². The molecule has 0 N–H and O–H groups in total. The van der Waals surface area contributed by atoms with E-state index >= 15 is 0 Å². The van der Waals surface area contributed by atoms with Crippen LogP contribution in [-0.2, 0) is 11.2 Å². The Morgan fingerprint density at radius 2 is 1.76 bits per heavy atom. The molecule has 0 fully saturated rings.